The maximum absolute atomic E-state index is 12.5. The summed E-state index contributed by atoms with van der Waals surface area (Å²) in [7, 11) is 0. The van der Waals surface area contributed by atoms with E-state index in [4.69, 9.17) is 4.74 Å². The summed E-state index contributed by atoms with van der Waals surface area (Å²) in [6, 6.07) is 14.4. The van der Waals surface area contributed by atoms with Crippen LogP contribution in [0.3, 0.4) is 0 Å². The van der Waals surface area contributed by atoms with E-state index in [1.54, 1.807) is 30.3 Å². The first kappa shape index (κ1) is 17.2. The van der Waals surface area contributed by atoms with Gasteiger partial charge in [-0.3, -0.25) is 9.59 Å². The number of rotatable bonds is 5. The van der Waals surface area contributed by atoms with E-state index in [9.17, 15) is 9.59 Å². The molecule has 0 radical (unpaired) electrons. The van der Waals surface area contributed by atoms with Crippen molar-refractivity contribution in [3.8, 4) is 0 Å². The molecule has 3 rings (SSSR count). The molecule has 2 aromatic carbocycles. The Balaban J connectivity index is 1.69. The van der Waals surface area contributed by atoms with Crippen LogP contribution in [0.5, 0.6) is 0 Å². The number of amides is 2. The molecule has 5 heteroatoms. The fraction of sp³-hybridized carbons (Fsp3) is 0.300. The van der Waals surface area contributed by atoms with E-state index in [2.05, 4.69) is 10.6 Å². The van der Waals surface area contributed by atoms with E-state index in [1.807, 2.05) is 25.1 Å². The highest BCUT2D eigenvalue weighted by Crippen LogP contribution is 2.17. The number of carbonyl (C=O) groups is 2. The molecule has 130 valence electrons. The van der Waals surface area contributed by atoms with Gasteiger partial charge in [0.25, 0.3) is 11.8 Å². The maximum Gasteiger partial charge on any atom is 0.255 e. The van der Waals surface area contributed by atoms with Crippen LogP contribution in [-0.2, 0) is 4.74 Å². The summed E-state index contributed by atoms with van der Waals surface area (Å²) < 4.78 is 5.52. The first-order chi connectivity index (χ1) is 12.1. The molecule has 2 N–H and O–H groups in total. The lowest BCUT2D eigenvalue weighted by Crippen LogP contribution is -2.32. The number of aryl methyl sites for hydroxylation is 1. The maximum atomic E-state index is 12.5. The van der Waals surface area contributed by atoms with Crippen molar-refractivity contribution in [2.45, 2.75) is 25.9 Å². The van der Waals surface area contributed by atoms with Crippen molar-refractivity contribution >= 4 is 17.5 Å². The Hall–Kier alpha value is -2.66. The van der Waals surface area contributed by atoms with Crippen molar-refractivity contribution in [3.05, 3.63) is 65.2 Å². The third kappa shape index (κ3) is 4.45. The van der Waals surface area contributed by atoms with Crippen LogP contribution in [0.2, 0.25) is 0 Å². The third-order valence-corrected chi connectivity index (χ3v) is 4.21. The number of anilines is 1. The fourth-order valence-corrected chi connectivity index (χ4v) is 2.88. The molecule has 0 aromatic heterocycles. The number of hydrogen-bond donors (Lipinski definition) is 2. The topological polar surface area (TPSA) is 67.4 Å². The van der Waals surface area contributed by atoms with Crippen LogP contribution >= 0.6 is 0 Å². The van der Waals surface area contributed by atoms with Crippen molar-refractivity contribution in [2.75, 3.05) is 18.5 Å². The van der Waals surface area contributed by atoms with Gasteiger partial charge in [0.05, 0.1) is 17.4 Å². The minimum absolute atomic E-state index is 0.0815. The second-order valence-electron chi connectivity index (χ2n) is 6.21. The molecular formula is C20H22N2O3. The van der Waals surface area contributed by atoms with Crippen LogP contribution in [-0.4, -0.2) is 31.1 Å². The molecule has 1 aliphatic rings. The Labute approximate surface area is 147 Å². The van der Waals surface area contributed by atoms with E-state index in [0.29, 0.717) is 23.4 Å². The van der Waals surface area contributed by atoms with Crippen molar-refractivity contribution in [1.29, 1.82) is 0 Å². The Morgan fingerprint density at radius 1 is 1.12 bits per heavy atom. The highest BCUT2D eigenvalue weighted by molar-refractivity contribution is 6.09. The monoisotopic (exact) mass is 338 g/mol. The Morgan fingerprint density at radius 3 is 2.72 bits per heavy atom. The van der Waals surface area contributed by atoms with Gasteiger partial charge >= 0.3 is 0 Å². The molecule has 2 amide bonds. The zero-order valence-corrected chi connectivity index (χ0v) is 14.2. The Morgan fingerprint density at radius 2 is 1.96 bits per heavy atom. The minimum Gasteiger partial charge on any atom is -0.376 e. The van der Waals surface area contributed by atoms with Crippen molar-refractivity contribution in [2.24, 2.45) is 0 Å². The van der Waals surface area contributed by atoms with Gasteiger partial charge in [-0.2, -0.15) is 0 Å². The highest BCUT2D eigenvalue weighted by Gasteiger charge is 2.18. The molecule has 1 saturated heterocycles. The van der Waals surface area contributed by atoms with E-state index in [-0.39, 0.29) is 17.9 Å². The fourth-order valence-electron chi connectivity index (χ4n) is 2.88. The summed E-state index contributed by atoms with van der Waals surface area (Å²) in [5.74, 6) is -0.446. The van der Waals surface area contributed by atoms with E-state index in [1.165, 1.54) is 0 Å². The summed E-state index contributed by atoms with van der Waals surface area (Å²) in [5.41, 5.74) is 2.52. The van der Waals surface area contributed by atoms with Crippen LogP contribution in [0.4, 0.5) is 5.69 Å². The van der Waals surface area contributed by atoms with E-state index >= 15 is 0 Å². The molecule has 0 aliphatic carbocycles. The standard InChI is InChI=1S/C20H22N2O3/c1-14-6-4-7-15(12-14)19(23)22-18-10-3-2-9-17(18)20(24)21-13-16-8-5-11-25-16/h2-4,6-7,9-10,12,16H,5,8,11,13H2,1H3,(H,21,24)(H,22,23)/t16-/m0/s1. The van der Waals surface area contributed by atoms with Crippen LogP contribution in [0, 0.1) is 6.92 Å². The smallest absolute Gasteiger partial charge is 0.255 e. The first-order valence-electron chi connectivity index (χ1n) is 8.50. The molecule has 2 aromatic rings. The quantitative estimate of drug-likeness (QED) is 0.880. The average molecular weight is 338 g/mol. The van der Waals surface area contributed by atoms with Crippen molar-refractivity contribution < 1.29 is 14.3 Å². The van der Waals surface area contributed by atoms with Gasteiger partial charge in [-0.15, -0.1) is 0 Å². The van der Waals surface area contributed by atoms with Crippen LogP contribution in [0.25, 0.3) is 0 Å². The zero-order valence-electron chi connectivity index (χ0n) is 14.2. The predicted molar refractivity (Wildman–Crippen MR) is 96.9 cm³/mol. The summed E-state index contributed by atoms with van der Waals surface area (Å²) in [4.78, 5) is 24.9. The molecule has 0 saturated carbocycles. The molecule has 0 bridgehead atoms. The van der Waals surface area contributed by atoms with Crippen molar-refractivity contribution in [1.82, 2.24) is 5.32 Å². The summed E-state index contributed by atoms with van der Waals surface area (Å²) >= 11 is 0. The van der Waals surface area contributed by atoms with Gasteiger partial charge in [-0.25, -0.2) is 0 Å². The molecular weight excluding hydrogens is 316 g/mol. The van der Waals surface area contributed by atoms with Crippen LogP contribution < -0.4 is 10.6 Å². The number of ether oxygens (including phenoxy) is 1. The minimum atomic E-state index is -0.233. The predicted octanol–water partition coefficient (Wildman–Crippen LogP) is 3.16. The number of para-hydroxylation sites is 1. The SMILES string of the molecule is Cc1cccc(C(=O)Nc2ccccc2C(=O)NC[C@@H]2CCCO2)c1. The van der Waals surface area contributed by atoms with Crippen LogP contribution in [0.1, 0.15) is 39.1 Å². The molecule has 1 heterocycles. The van der Waals surface area contributed by atoms with Gasteiger partial charge in [-0.05, 0) is 44.0 Å². The lowest BCUT2D eigenvalue weighted by molar-refractivity contribution is 0.0858. The number of nitrogens with one attached hydrogen (secondary N) is 2. The second kappa shape index (κ2) is 7.94. The Bertz CT molecular complexity index is 767. The summed E-state index contributed by atoms with van der Waals surface area (Å²) in [6.45, 7) is 3.17. The highest BCUT2D eigenvalue weighted by atomic mass is 16.5. The van der Waals surface area contributed by atoms with Gasteiger partial charge < -0.3 is 15.4 Å². The normalized spacial score (nSPS) is 16.4. The summed E-state index contributed by atoms with van der Waals surface area (Å²) in [6.07, 6.45) is 2.08. The third-order valence-electron chi connectivity index (χ3n) is 4.21. The second-order valence-corrected chi connectivity index (χ2v) is 6.21. The molecule has 1 atom stereocenters. The zero-order chi connectivity index (χ0) is 17.6. The lowest BCUT2D eigenvalue weighted by Gasteiger charge is -2.14. The van der Waals surface area contributed by atoms with Gasteiger partial charge in [0.15, 0.2) is 0 Å². The van der Waals surface area contributed by atoms with Gasteiger partial charge in [0.1, 0.15) is 0 Å². The van der Waals surface area contributed by atoms with Crippen molar-refractivity contribution in [3.63, 3.8) is 0 Å². The molecule has 1 fully saturated rings. The molecule has 0 unspecified atom stereocenters. The molecule has 0 spiro atoms. The summed E-state index contributed by atoms with van der Waals surface area (Å²) in [5, 5.41) is 5.72. The Kier molecular flexibility index (Phi) is 5.46. The first-order valence-corrected chi connectivity index (χ1v) is 8.50. The average Bonchev–Trinajstić information content (AvgIpc) is 3.13. The molecule has 5 nitrogen and oxygen atoms in total. The lowest BCUT2D eigenvalue weighted by atomic mass is 10.1. The van der Waals surface area contributed by atoms with E-state index < -0.39 is 0 Å². The van der Waals surface area contributed by atoms with E-state index in [0.717, 1.165) is 25.0 Å². The number of carbonyl (C=O) groups excluding carboxylic acids is 2. The molecule has 25 heavy (non-hydrogen) atoms. The van der Waals surface area contributed by atoms with Gasteiger partial charge in [0.2, 0.25) is 0 Å². The molecule has 1 aliphatic heterocycles. The van der Waals surface area contributed by atoms with Crippen LogP contribution in [0.15, 0.2) is 48.5 Å². The number of benzene rings is 2. The number of hydrogen-bond acceptors (Lipinski definition) is 3. The van der Waals surface area contributed by atoms with Gasteiger partial charge in [0, 0.05) is 18.7 Å². The van der Waals surface area contributed by atoms with Gasteiger partial charge in [-0.1, -0.05) is 29.8 Å². The largest absolute Gasteiger partial charge is 0.376 e.